The van der Waals surface area contributed by atoms with Gasteiger partial charge in [0.15, 0.2) is 0 Å². The zero-order valence-electron chi connectivity index (χ0n) is 20.6. The number of amides is 2. The zero-order chi connectivity index (χ0) is 25.2. The number of hydrogen-bond acceptors (Lipinski definition) is 4. The Morgan fingerprint density at radius 1 is 1.06 bits per heavy atom. The van der Waals surface area contributed by atoms with Gasteiger partial charge in [-0.15, -0.1) is 0 Å². The first-order chi connectivity index (χ1) is 16.7. The smallest absolute Gasteiger partial charge is 0.408 e. The first-order valence-electron chi connectivity index (χ1n) is 12.4. The molecular weight excluding hydrogens is 444 g/mol. The molecule has 0 aromatic heterocycles. The molecule has 1 heterocycles. The van der Waals surface area contributed by atoms with Crippen LogP contribution in [0.25, 0.3) is 11.1 Å². The summed E-state index contributed by atoms with van der Waals surface area (Å²) in [4.78, 5) is 39.8. The minimum absolute atomic E-state index is 0.0828. The van der Waals surface area contributed by atoms with E-state index >= 15 is 0 Å². The van der Waals surface area contributed by atoms with E-state index < -0.39 is 23.6 Å². The second-order valence-corrected chi connectivity index (χ2v) is 10.0. The second kappa shape index (κ2) is 10.1. The van der Waals surface area contributed by atoms with Gasteiger partial charge in [-0.05, 0) is 54.4 Å². The molecule has 0 bridgehead atoms. The number of rotatable bonds is 7. The van der Waals surface area contributed by atoms with Crippen LogP contribution in [0.4, 0.5) is 4.79 Å². The molecule has 7 nitrogen and oxygen atoms in total. The van der Waals surface area contributed by atoms with Crippen LogP contribution in [-0.2, 0) is 14.3 Å². The van der Waals surface area contributed by atoms with E-state index in [0.717, 1.165) is 28.7 Å². The summed E-state index contributed by atoms with van der Waals surface area (Å²) >= 11 is 0. The quantitative estimate of drug-likeness (QED) is 0.596. The largest absolute Gasteiger partial charge is 0.480 e. The number of benzene rings is 2. The first-order valence-corrected chi connectivity index (χ1v) is 12.4. The van der Waals surface area contributed by atoms with Gasteiger partial charge < -0.3 is 20.1 Å². The summed E-state index contributed by atoms with van der Waals surface area (Å²) < 4.78 is 5.68. The van der Waals surface area contributed by atoms with Crippen molar-refractivity contribution in [2.24, 2.45) is 5.92 Å². The van der Waals surface area contributed by atoms with E-state index in [2.05, 4.69) is 29.6 Å². The number of carboxylic acids is 1. The molecule has 186 valence electrons. The number of nitrogens with zero attached hydrogens (tertiary/aromatic N) is 1. The van der Waals surface area contributed by atoms with Crippen LogP contribution in [0.2, 0.25) is 0 Å². The molecule has 35 heavy (non-hydrogen) atoms. The summed E-state index contributed by atoms with van der Waals surface area (Å²) in [5, 5.41) is 12.5. The molecule has 1 fully saturated rings. The van der Waals surface area contributed by atoms with Crippen LogP contribution >= 0.6 is 0 Å². The average Bonchev–Trinajstić information content (AvgIpc) is 3.16. The van der Waals surface area contributed by atoms with Gasteiger partial charge in [0.2, 0.25) is 5.91 Å². The van der Waals surface area contributed by atoms with Crippen LogP contribution in [0.1, 0.15) is 63.5 Å². The maximum atomic E-state index is 13.6. The average molecular weight is 479 g/mol. The number of carbonyl (C=O) groups is 3. The van der Waals surface area contributed by atoms with Gasteiger partial charge in [-0.3, -0.25) is 4.79 Å². The van der Waals surface area contributed by atoms with Crippen molar-refractivity contribution in [3.8, 4) is 11.1 Å². The third-order valence-electron chi connectivity index (χ3n) is 7.31. The Balaban J connectivity index is 1.48. The van der Waals surface area contributed by atoms with Crippen LogP contribution in [0.15, 0.2) is 48.5 Å². The maximum absolute atomic E-state index is 13.6. The van der Waals surface area contributed by atoms with Gasteiger partial charge in [0, 0.05) is 12.5 Å². The topological polar surface area (TPSA) is 95.9 Å². The van der Waals surface area contributed by atoms with Crippen molar-refractivity contribution in [2.45, 2.75) is 64.0 Å². The molecule has 3 atom stereocenters. The Morgan fingerprint density at radius 2 is 1.66 bits per heavy atom. The lowest BCUT2D eigenvalue weighted by molar-refractivity contribution is -0.156. The van der Waals surface area contributed by atoms with Crippen LogP contribution in [0, 0.1) is 5.92 Å². The highest BCUT2D eigenvalue weighted by molar-refractivity contribution is 5.92. The monoisotopic (exact) mass is 478 g/mol. The van der Waals surface area contributed by atoms with Gasteiger partial charge in [-0.1, -0.05) is 68.8 Å². The molecule has 1 aliphatic carbocycles. The Kier molecular flexibility index (Phi) is 7.15. The third-order valence-corrected chi connectivity index (χ3v) is 7.31. The van der Waals surface area contributed by atoms with E-state index in [9.17, 15) is 19.5 Å². The molecule has 0 radical (unpaired) electrons. The minimum Gasteiger partial charge on any atom is -0.480 e. The summed E-state index contributed by atoms with van der Waals surface area (Å²) in [6, 6.07) is 15.3. The summed E-state index contributed by atoms with van der Waals surface area (Å²) in [5.74, 6) is -1.26. The Bertz CT molecular complexity index is 1070. The minimum atomic E-state index is -1.25. The van der Waals surface area contributed by atoms with Crippen LogP contribution < -0.4 is 5.32 Å². The lowest BCUT2D eigenvalue weighted by Gasteiger charge is -2.41. The van der Waals surface area contributed by atoms with E-state index in [0.29, 0.717) is 25.8 Å². The molecule has 2 N–H and O–H groups in total. The Morgan fingerprint density at radius 3 is 2.23 bits per heavy atom. The van der Waals surface area contributed by atoms with Gasteiger partial charge in [-0.25, -0.2) is 9.59 Å². The van der Waals surface area contributed by atoms with Gasteiger partial charge in [0.05, 0.1) is 0 Å². The van der Waals surface area contributed by atoms with E-state index in [-0.39, 0.29) is 24.3 Å². The molecule has 4 rings (SSSR count). The number of carboxylic acid groups (broad SMARTS) is 1. The van der Waals surface area contributed by atoms with Crippen molar-refractivity contribution in [1.82, 2.24) is 10.2 Å². The molecule has 2 aromatic carbocycles. The fourth-order valence-corrected chi connectivity index (χ4v) is 5.53. The second-order valence-electron chi connectivity index (χ2n) is 10.0. The van der Waals surface area contributed by atoms with Crippen molar-refractivity contribution in [2.75, 3.05) is 13.2 Å². The SMILES string of the molecule is CCCC(C)(NC(=O)OCC1c2ccccc2-c2ccccc21)C(=O)N1CC(C)CCC1C(=O)O. The fourth-order valence-electron chi connectivity index (χ4n) is 5.53. The van der Waals surface area contributed by atoms with E-state index in [1.165, 1.54) is 4.90 Å². The molecular formula is C28H34N2O5. The zero-order valence-corrected chi connectivity index (χ0v) is 20.6. The molecule has 3 unspecified atom stereocenters. The van der Waals surface area contributed by atoms with E-state index in [1.807, 2.05) is 38.1 Å². The number of aliphatic carboxylic acids is 1. The highest BCUT2D eigenvalue weighted by Gasteiger charge is 2.44. The van der Waals surface area contributed by atoms with Crippen LogP contribution in [0.3, 0.4) is 0 Å². The third kappa shape index (κ3) is 4.90. The van der Waals surface area contributed by atoms with E-state index in [4.69, 9.17) is 4.74 Å². The highest BCUT2D eigenvalue weighted by atomic mass is 16.5. The van der Waals surface area contributed by atoms with Crippen molar-refractivity contribution in [3.05, 3.63) is 59.7 Å². The molecule has 1 aliphatic heterocycles. The Labute approximate surface area is 206 Å². The summed E-state index contributed by atoms with van der Waals surface area (Å²) in [6.45, 7) is 6.11. The standard InChI is InChI=1S/C28H34N2O5/c1-4-15-28(3,26(33)30-16-18(2)13-14-24(30)25(31)32)29-27(34)35-17-23-21-11-7-5-9-19(21)20-10-6-8-12-22(20)23/h5-12,18,23-24H,4,13-17H2,1-3H3,(H,29,34)(H,31,32). The van der Waals surface area contributed by atoms with E-state index in [1.54, 1.807) is 6.92 Å². The molecule has 1 saturated heterocycles. The van der Waals surface area contributed by atoms with Gasteiger partial charge in [0.1, 0.15) is 18.2 Å². The molecule has 0 spiro atoms. The maximum Gasteiger partial charge on any atom is 0.408 e. The summed E-state index contributed by atoms with van der Waals surface area (Å²) in [5.41, 5.74) is 3.26. The fraction of sp³-hybridized carbons (Fsp3) is 0.464. The molecule has 2 aliphatic rings. The van der Waals surface area contributed by atoms with Gasteiger partial charge >= 0.3 is 12.1 Å². The highest BCUT2D eigenvalue weighted by Crippen LogP contribution is 2.44. The summed E-state index contributed by atoms with van der Waals surface area (Å²) in [6.07, 6.45) is 1.52. The normalized spacial score (nSPS) is 20.9. The van der Waals surface area contributed by atoms with Crippen molar-refractivity contribution in [3.63, 3.8) is 0 Å². The molecule has 2 aromatic rings. The number of nitrogens with one attached hydrogen (secondary N) is 1. The predicted octanol–water partition coefficient (Wildman–Crippen LogP) is 4.80. The summed E-state index contributed by atoms with van der Waals surface area (Å²) in [7, 11) is 0. The van der Waals surface area contributed by atoms with Crippen molar-refractivity contribution >= 4 is 18.0 Å². The van der Waals surface area contributed by atoms with Gasteiger partial charge in [0.25, 0.3) is 0 Å². The Hall–Kier alpha value is -3.35. The van der Waals surface area contributed by atoms with Crippen LogP contribution in [-0.4, -0.2) is 52.7 Å². The molecule has 0 saturated carbocycles. The number of alkyl carbamates (subject to hydrolysis) is 1. The van der Waals surface area contributed by atoms with Gasteiger partial charge in [-0.2, -0.15) is 0 Å². The number of hydrogen-bond donors (Lipinski definition) is 2. The number of piperidine rings is 1. The first kappa shape index (κ1) is 24.8. The molecule has 7 heteroatoms. The number of carbonyl (C=O) groups excluding carboxylic acids is 2. The lowest BCUT2D eigenvalue weighted by Crippen LogP contribution is -2.62. The number of fused-ring (bicyclic) bond motifs is 3. The van der Waals surface area contributed by atoms with Crippen molar-refractivity contribution < 1.29 is 24.2 Å². The number of likely N-dealkylation sites (tertiary alicyclic amines) is 1. The number of ether oxygens (including phenoxy) is 1. The van der Waals surface area contributed by atoms with Crippen molar-refractivity contribution in [1.29, 1.82) is 0 Å². The molecule has 2 amide bonds. The van der Waals surface area contributed by atoms with Crippen LogP contribution in [0.5, 0.6) is 0 Å². The predicted molar refractivity (Wildman–Crippen MR) is 133 cm³/mol. The lowest BCUT2D eigenvalue weighted by atomic mass is 9.88.